The second-order valence-electron chi connectivity index (χ2n) is 10.5. The molecule has 5 aliphatic rings. The van der Waals surface area contributed by atoms with Gasteiger partial charge in [0.15, 0.2) is 0 Å². The molecule has 0 amide bonds. The lowest BCUT2D eigenvalue weighted by Crippen LogP contribution is -2.68. The maximum absolute atomic E-state index is 10.6. The Labute approximate surface area is 184 Å². The van der Waals surface area contributed by atoms with Crippen LogP contribution < -0.4 is 4.74 Å². The molecule has 4 bridgehead atoms. The van der Waals surface area contributed by atoms with Gasteiger partial charge in [0.05, 0.1) is 5.60 Å². The molecule has 1 unspecified atom stereocenters. The molecule has 4 nitrogen and oxygen atoms in total. The molecule has 1 atom stereocenters. The van der Waals surface area contributed by atoms with Crippen molar-refractivity contribution in [1.29, 1.82) is 0 Å². The summed E-state index contributed by atoms with van der Waals surface area (Å²) in [6.07, 6.45) is 9.59. The Kier molecular flexibility index (Phi) is 4.50. The summed E-state index contributed by atoms with van der Waals surface area (Å²) in [6, 6.07) is 15.9. The normalized spacial score (nSPS) is 37.6. The molecule has 0 aromatic heterocycles. The molecule has 5 aliphatic carbocycles. The first-order valence-corrected chi connectivity index (χ1v) is 11.9. The summed E-state index contributed by atoms with van der Waals surface area (Å²) in [7, 11) is 1.93. The molecule has 0 N–H and O–H groups in total. The Morgan fingerprint density at radius 3 is 2.23 bits per heavy atom. The summed E-state index contributed by atoms with van der Waals surface area (Å²) in [5, 5.41) is 2.96. The molecule has 0 saturated heterocycles. The fraction of sp³-hybridized carbons (Fsp3) is 0.556. The number of ether oxygens (including phenoxy) is 2. The van der Waals surface area contributed by atoms with E-state index in [1.165, 1.54) is 44.1 Å². The highest BCUT2D eigenvalue weighted by Crippen LogP contribution is 2.75. The number of hydrogen-bond acceptors (Lipinski definition) is 4. The molecule has 5 saturated carbocycles. The lowest BCUT2D eigenvalue weighted by atomic mass is 9.34. The quantitative estimate of drug-likeness (QED) is 0.489. The average molecular weight is 418 g/mol. The highest BCUT2D eigenvalue weighted by atomic mass is 16.5. The van der Waals surface area contributed by atoms with Crippen LogP contribution in [0.25, 0.3) is 0 Å². The number of rotatable bonds is 6. The van der Waals surface area contributed by atoms with E-state index < -0.39 is 0 Å². The first-order chi connectivity index (χ1) is 15.2. The van der Waals surface area contributed by atoms with Crippen LogP contribution in [0.5, 0.6) is 5.75 Å². The molecule has 0 heterocycles. The number of methoxy groups -OCH3 is 1. The van der Waals surface area contributed by atoms with Crippen molar-refractivity contribution in [2.75, 3.05) is 7.11 Å². The zero-order valence-electron chi connectivity index (χ0n) is 18.3. The molecular formula is C27H31NO3. The van der Waals surface area contributed by atoms with E-state index in [1.54, 1.807) is 12.1 Å². The number of nitrogens with zero attached hydrogens (tertiary/aromatic N) is 1. The Bertz CT molecular complexity index is 952. The third-order valence-electron chi connectivity index (χ3n) is 9.33. The van der Waals surface area contributed by atoms with Crippen LogP contribution in [0, 0.1) is 34.0 Å². The van der Waals surface area contributed by atoms with Crippen molar-refractivity contribution in [3.05, 3.63) is 64.6 Å². The van der Waals surface area contributed by atoms with Crippen LogP contribution in [-0.2, 0) is 16.9 Å². The van der Waals surface area contributed by atoms with Gasteiger partial charge in [-0.1, -0.05) is 24.3 Å². The summed E-state index contributed by atoms with van der Waals surface area (Å²) in [4.78, 5) is 10.6. The second-order valence-corrected chi connectivity index (χ2v) is 10.5. The van der Waals surface area contributed by atoms with Crippen molar-refractivity contribution in [3.8, 4) is 5.75 Å². The summed E-state index contributed by atoms with van der Waals surface area (Å²) < 4.78 is 12.6. The molecule has 162 valence electrons. The van der Waals surface area contributed by atoms with E-state index in [2.05, 4.69) is 23.4 Å². The first kappa shape index (κ1) is 19.5. The van der Waals surface area contributed by atoms with Gasteiger partial charge in [0.2, 0.25) is 0 Å². The SMILES string of the molecule is COC1(c2cccc(OCc3ccc(N=O)cc3)c2)CCC12C1CC3CC(C1)CC2C3. The lowest BCUT2D eigenvalue weighted by molar-refractivity contribution is -0.293. The van der Waals surface area contributed by atoms with Crippen molar-refractivity contribution >= 4 is 5.69 Å². The summed E-state index contributed by atoms with van der Waals surface area (Å²) in [5.41, 5.74) is 2.93. The van der Waals surface area contributed by atoms with Crippen LogP contribution >= 0.6 is 0 Å². The van der Waals surface area contributed by atoms with Gasteiger partial charge in [-0.15, -0.1) is 4.91 Å². The largest absolute Gasteiger partial charge is 0.489 e. The summed E-state index contributed by atoms with van der Waals surface area (Å²) >= 11 is 0. The van der Waals surface area contributed by atoms with Gasteiger partial charge in [-0.2, -0.15) is 0 Å². The second kappa shape index (κ2) is 7.16. The van der Waals surface area contributed by atoms with E-state index in [0.717, 1.165) is 41.4 Å². The van der Waals surface area contributed by atoms with E-state index in [4.69, 9.17) is 9.47 Å². The topological polar surface area (TPSA) is 47.9 Å². The van der Waals surface area contributed by atoms with Crippen LogP contribution in [0.15, 0.2) is 53.7 Å². The molecule has 5 fully saturated rings. The maximum atomic E-state index is 10.6. The first-order valence-electron chi connectivity index (χ1n) is 11.9. The molecule has 4 heteroatoms. The molecule has 0 radical (unpaired) electrons. The number of benzene rings is 2. The van der Waals surface area contributed by atoms with Gasteiger partial charge in [-0.25, -0.2) is 0 Å². The minimum absolute atomic E-state index is 0.160. The van der Waals surface area contributed by atoms with Gasteiger partial charge in [-0.05, 0) is 109 Å². The molecule has 31 heavy (non-hydrogen) atoms. The van der Waals surface area contributed by atoms with Crippen molar-refractivity contribution in [2.45, 2.75) is 57.2 Å². The molecule has 1 spiro atoms. The third kappa shape index (κ3) is 2.77. The predicted octanol–water partition coefficient (Wildman–Crippen LogP) is 6.74. The van der Waals surface area contributed by atoms with E-state index in [9.17, 15) is 4.91 Å². The van der Waals surface area contributed by atoms with Gasteiger partial charge >= 0.3 is 0 Å². The molecule has 7 rings (SSSR count). The lowest BCUT2D eigenvalue weighted by Gasteiger charge is -2.72. The van der Waals surface area contributed by atoms with Gasteiger partial charge in [0.1, 0.15) is 18.0 Å². The molecular weight excluding hydrogens is 386 g/mol. The minimum Gasteiger partial charge on any atom is -0.489 e. The smallest absolute Gasteiger partial charge is 0.120 e. The Balaban J connectivity index is 1.27. The monoisotopic (exact) mass is 417 g/mol. The predicted molar refractivity (Wildman–Crippen MR) is 120 cm³/mol. The molecule has 2 aromatic rings. The minimum atomic E-state index is -0.160. The van der Waals surface area contributed by atoms with Crippen LogP contribution in [-0.4, -0.2) is 7.11 Å². The molecule has 2 aromatic carbocycles. The van der Waals surface area contributed by atoms with E-state index in [0.29, 0.717) is 17.7 Å². The van der Waals surface area contributed by atoms with Crippen molar-refractivity contribution in [2.24, 2.45) is 34.3 Å². The maximum Gasteiger partial charge on any atom is 0.120 e. The van der Waals surface area contributed by atoms with Gasteiger partial charge < -0.3 is 9.47 Å². The summed E-state index contributed by atoms with van der Waals surface area (Å²) in [5.74, 6) is 4.48. The van der Waals surface area contributed by atoms with Gasteiger partial charge in [0.25, 0.3) is 0 Å². The Hall–Kier alpha value is -2.20. The Morgan fingerprint density at radius 2 is 1.65 bits per heavy atom. The van der Waals surface area contributed by atoms with Crippen molar-refractivity contribution in [3.63, 3.8) is 0 Å². The number of hydrogen-bond donors (Lipinski definition) is 0. The Morgan fingerprint density at radius 1 is 0.935 bits per heavy atom. The fourth-order valence-corrected chi connectivity index (χ4v) is 8.21. The zero-order valence-corrected chi connectivity index (χ0v) is 18.3. The average Bonchev–Trinajstić information content (AvgIpc) is 2.78. The molecule has 0 aliphatic heterocycles. The summed E-state index contributed by atoms with van der Waals surface area (Å²) in [6.45, 7) is 0.475. The van der Waals surface area contributed by atoms with Gasteiger partial charge in [-0.3, -0.25) is 0 Å². The highest BCUT2D eigenvalue weighted by molar-refractivity contribution is 5.40. The highest BCUT2D eigenvalue weighted by Gasteiger charge is 2.71. The van der Waals surface area contributed by atoms with Crippen LogP contribution in [0.4, 0.5) is 5.69 Å². The number of nitroso groups, excluding NO2 is 1. The van der Waals surface area contributed by atoms with Crippen molar-refractivity contribution < 1.29 is 9.47 Å². The van der Waals surface area contributed by atoms with Gasteiger partial charge in [0, 0.05) is 12.5 Å². The van der Waals surface area contributed by atoms with Crippen LogP contribution in [0.2, 0.25) is 0 Å². The zero-order chi connectivity index (χ0) is 21.1. The van der Waals surface area contributed by atoms with E-state index in [1.807, 2.05) is 25.3 Å². The van der Waals surface area contributed by atoms with Crippen LogP contribution in [0.3, 0.4) is 0 Å². The third-order valence-corrected chi connectivity index (χ3v) is 9.33. The van der Waals surface area contributed by atoms with E-state index in [-0.39, 0.29) is 5.60 Å². The van der Waals surface area contributed by atoms with Crippen LogP contribution in [0.1, 0.15) is 56.1 Å². The van der Waals surface area contributed by atoms with Crippen molar-refractivity contribution in [1.82, 2.24) is 0 Å². The standard InChI is InChI=1S/C27H31NO3/c1-30-27(10-9-26(27)22-12-19-11-20(14-22)15-23(26)13-19)21-3-2-4-25(16-21)31-17-18-5-7-24(28-29)8-6-18/h2-8,16,19-20,22-23H,9-15,17H2,1H3. The van der Waals surface area contributed by atoms with E-state index >= 15 is 0 Å². The fourth-order valence-electron chi connectivity index (χ4n) is 8.21.